The maximum Gasteiger partial charge on any atom is 0.418 e. The van der Waals surface area contributed by atoms with Gasteiger partial charge in [-0.15, -0.1) is 10.2 Å². The fourth-order valence-corrected chi connectivity index (χ4v) is 6.48. The minimum absolute atomic E-state index is 0.146. The minimum Gasteiger partial charge on any atom is -0.320 e. The molecule has 1 saturated heterocycles. The van der Waals surface area contributed by atoms with Crippen LogP contribution in [-0.4, -0.2) is 41.7 Å². The van der Waals surface area contributed by atoms with Crippen LogP contribution in [0.2, 0.25) is 0 Å². The number of rotatable bonds is 5. The largest absolute Gasteiger partial charge is 0.418 e. The van der Waals surface area contributed by atoms with E-state index < -0.39 is 17.4 Å². The molecular formula is C29H33F3N6O. The van der Waals surface area contributed by atoms with E-state index in [2.05, 4.69) is 22.0 Å². The van der Waals surface area contributed by atoms with Crippen LogP contribution in [0, 0.1) is 5.92 Å². The second kappa shape index (κ2) is 9.36. The standard InChI is InChI=1S/C29H33F3N6O/c1-19-7-5-12-36(15-19)20(2)21-13-24(29(30,31)32)25-17-37(27(39)38(25)16-21)23-9-4-8-22(14-23)28(10-6-11-28)26-34-33-18-35(26)3/h4,8-9,13-14,16-20H,5-7,10-12,15H2,1-3H3/t19-,20-/m0/s1. The summed E-state index contributed by atoms with van der Waals surface area (Å²) in [5.74, 6) is 1.34. The number of halogens is 3. The summed E-state index contributed by atoms with van der Waals surface area (Å²) < 4.78 is 47.4. The molecule has 1 aliphatic carbocycles. The average Bonchev–Trinajstić information content (AvgIpc) is 3.45. The van der Waals surface area contributed by atoms with Gasteiger partial charge in [0, 0.05) is 32.0 Å². The first-order valence-electron chi connectivity index (χ1n) is 13.6. The third kappa shape index (κ3) is 4.29. The number of hydrogen-bond acceptors (Lipinski definition) is 4. The molecule has 2 atom stereocenters. The second-order valence-electron chi connectivity index (χ2n) is 11.4. The van der Waals surface area contributed by atoms with Crippen LogP contribution in [0.1, 0.15) is 74.5 Å². The summed E-state index contributed by atoms with van der Waals surface area (Å²) in [5.41, 5.74) is 0.223. The minimum atomic E-state index is -4.60. The van der Waals surface area contributed by atoms with Crippen molar-refractivity contribution >= 4 is 5.52 Å². The highest BCUT2D eigenvalue weighted by molar-refractivity contribution is 5.58. The van der Waals surface area contributed by atoms with Crippen LogP contribution >= 0.6 is 0 Å². The molecule has 1 aliphatic heterocycles. The summed E-state index contributed by atoms with van der Waals surface area (Å²) in [6, 6.07) is 8.50. The van der Waals surface area contributed by atoms with Crippen LogP contribution < -0.4 is 5.69 Å². The Labute approximate surface area is 224 Å². The normalized spacial score (nSPS) is 20.7. The molecule has 3 aromatic heterocycles. The molecule has 0 radical (unpaired) electrons. The Balaban J connectivity index is 1.46. The Kier molecular flexibility index (Phi) is 6.21. The Morgan fingerprint density at radius 3 is 2.56 bits per heavy atom. The third-order valence-electron chi connectivity index (χ3n) is 8.84. The molecule has 0 amide bonds. The van der Waals surface area contributed by atoms with Crippen molar-refractivity contribution in [2.75, 3.05) is 13.1 Å². The van der Waals surface area contributed by atoms with Crippen molar-refractivity contribution in [3.05, 3.63) is 82.1 Å². The number of likely N-dealkylation sites (tertiary alicyclic amines) is 1. The number of imidazole rings is 1. The summed E-state index contributed by atoms with van der Waals surface area (Å²) in [6.45, 7) is 5.76. The lowest BCUT2D eigenvalue weighted by molar-refractivity contribution is -0.136. The first-order valence-corrected chi connectivity index (χ1v) is 13.6. The maximum atomic E-state index is 14.3. The van der Waals surface area contributed by atoms with E-state index in [9.17, 15) is 18.0 Å². The summed E-state index contributed by atoms with van der Waals surface area (Å²) in [5, 5.41) is 8.42. The Bertz CT molecular complexity index is 1580. The SMILES string of the molecule is C[C@H]1CCCN([C@@H](C)c2cc(C(F)(F)F)c3cn(-c4cccc(C5(c6nncn6C)CCC5)c4)c(=O)n3c2)C1. The number of pyridine rings is 1. The smallest absolute Gasteiger partial charge is 0.320 e. The van der Waals surface area contributed by atoms with Crippen molar-refractivity contribution in [2.45, 2.75) is 63.6 Å². The van der Waals surface area contributed by atoms with Gasteiger partial charge < -0.3 is 4.57 Å². The number of fused-ring (bicyclic) bond motifs is 1. The predicted molar refractivity (Wildman–Crippen MR) is 142 cm³/mol. The van der Waals surface area contributed by atoms with Gasteiger partial charge in [0.2, 0.25) is 0 Å². The topological polar surface area (TPSA) is 60.4 Å². The van der Waals surface area contributed by atoms with Gasteiger partial charge in [0.25, 0.3) is 0 Å². The molecule has 4 aromatic rings. The number of piperidine rings is 1. The van der Waals surface area contributed by atoms with Gasteiger partial charge in [0.1, 0.15) is 12.2 Å². The van der Waals surface area contributed by atoms with Crippen molar-refractivity contribution in [2.24, 2.45) is 13.0 Å². The Morgan fingerprint density at radius 1 is 1.13 bits per heavy atom. The van der Waals surface area contributed by atoms with E-state index in [-0.39, 0.29) is 17.0 Å². The molecule has 4 heterocycles. The third-order valence-corrected chi connectivity index (χ3v) is 8.84. The molecule has 206 valence electrons. The number of nitrogens with zero attached hydrogens (tertiary/aromatic N) is 6. The molecular weight excluding hydrogens is 505 g/mol. The van der Waals surface area contributed by atoms with Crippen molar-refractivity contribution in [3.8, 4) is 5.69 Å². The van der Waals surface area contributed by atoms with Crippen LogP contribution in [0.3, 0.4) is 0 Å². The zero-order valence-corrected chi connectivity index (χ0v) is 22.4. The molecule has 6 rings (SSSR count). The lowest BCUT2D eigenvalue weighted by Crippen LogP contribution is -2.38. The van der Waals surface area contributed by atoms with E-state index in [4.69, 9.17) is 0 Å². The van der Waals surface area contributed by atoms with Crippen molar-refractivity contribution in [1.29, 1.82) is 0 Å². The number of benzene rings is 1. The lowest BCUT2D eigenvalue weighted by Gasteiger charge is -2.41. The highest BCUT2D eigenvalue weighted by Crippen LogP contribution is 2.48. The molecule has 2 fully saturated rings. The summed E-state index contributed by atoms with van der Waals surface area (Å²) in [7, 11) is 1.91. The molecule has 1 aromatic carbocycles. The summed E-state index contributed by atoms with van der Waals surface area (Å²) in [6.07, 6.45) is 4.94. The molecule has 7 nitrogen and oxygen atoms in total. The van der Waals surface area contributed by atoms with Crippen molar-refractivity contribution in [3.63, 3.8) is 0 Å². The second-order valence-corrected chi connectivity index (χ2v) is 11.4. The summed E-state index contributed by atoms with van der Waals surface area (Å²) in [4.78, 5) is 15.9. The van der Waals surface area contributed by atoms with Gasteiger partial charge in [-0.2, -0.15) is 13.2 Å². The van der Waals surface area contributed by atoms with Crippen molar-refractivity contribution in [1.82, 2.24) is 28.6 Å². The van der Waals surface area contributed by atoms with Crippen LogP contribution in [0.5, 0.6) is 0 Å². The van der Waals surface area contributed by atoms with Gasteiger partial charge in [-0.05, 0) is 74.4 Å². The Morgan fingerprint density at radius 2 is 1.92 bits per heavy atom. The van der Waals surface area contributed by atoms with E-state index in [0.717, 1.165) is 61.0 Å². The number of aryl methyl sites for hydroxylation is 1. The van der Waals surface area contributed by atoms with Crippen LogP contribution in [0.4, 0.5) is 13.2 Å². The van der Waals surface area contributed by atoms with E-state index in [1.807, 2.05) is 36.7 Å². The molecule has 1 saturated carbocycles. The van der Waals surface area contributed by atoms with Gasteiger partial charge >= 0.3 is 11.9 Å². The lowest BCUT2D eigenvalue weighted by atomic mass is 9.63. The van der Waals surface area contributed by atoms with Gasteiger partial charge in [-0.1, -0.05) is 25.5 Å². The molecule has 0 spiro atoms. The molecule has 39 heavy (non-hydrogen) atoms. The van der Waals surface area contributed by atoms with Gasteiger partial charge in [-0.3, -0.25) is 13.9 Å². The monoisotopic (exact) mass is 538 g/mol. The van der Waals surface area contributed by atoms with Crippen LogP contribution in [-0.2, 0) is 18.6 Å². The average molecular weight is 539 g/mol. The van der Waals surface area contributed by atoms with Crippen molar-refractivity contribution < 1.29 is 13.2 Å². The highest BCUT2D eigenvalue weighted by Gasteiger charge is 2.44. The van der Waals surface area contributed by atoms with Crippen LogP contribution in [0.25, 0.3) is 11.2 Å². The number of alkyl halides is 3. The van der Waals surface area contributed by atoms with Gasteiger partial charge in [-0.25, -0.2) is 4.79 Å². The molecule has 2 aliphatic rings. The van der Waals surface area contributed by atoms with E-state index in [1.165, 1.54) is 16.8 Å². The predicted octanol–water partition coefficient (Wildman–Crippen LogP) is 5.50. The number of hydrogen-bond donors (Lipinski definition) is 0. The first kappa shape index (κ1) is 25.9. The fourth-order valence-electron chi connectivity index (χ4n) is 6.48. The number of aromatic nitrogens is 5. The van der Waals surface area contributed by atoms with E-state index in [1.54, 1.807) is 18.6 Å². The van der Waals surface area contributed by atoms with E-state index >= 15 is 0 Å². The van der Waals surface area contributed by atoms with Crippen LogP contribution in [0.15, 0.2) is 53.8 Å². The maximum absolute atomic E-state index is 14.3. The summed E-state index contributed by atoms with van der Waals surface area (Å²) >= 11 is 0. The molecule has 0 unspecified atom stereocenters. The first-order chi connectivity index (χ1) is 18.6. The fraction of sp³-hybridized carbons (Fsp3) is 0.483. The zero-order chi connectivity index (χ0) is 27.5. The molecule has 0 N–H and O–H groups in total. The highest BCUT2D eigenvalue weighted by atomic mass is 19.4. The van der Waals surface area contributed by atoms with Gasteiger partial charge in [0.05, 0.1) is 22.2 Å². The molecule has 0 bridgehead atoms. The quantitative estimate of drug-likeness (QED) is 0.337. The molecule has 10 heteroatoms. The van der Waals surface area contributed by atoms with E-state index in [0.29, 0.717) is 17.2 Å². The van der Waals surface area contributed by atoms with Gasteiger partial charge in [0.15, 0.2) is 0 Å². The zero-order valence-electron chi connectivity index (χ0n) is 22.4. The Hall–Kier alpha value is -3.40.